The van der Waals surface area contributed by atoms with Gasteiger partial charge in [-0.25, -0.2) is 13.9 Å². The summed E-state index contributed by atoms with van der Waals surface area (Å²) in [5.74, 6) is 0.350. The van der Waals surface area contributed by atoms with E-state index in [1.807, 2.05) is 30.3 Å². The van der Waals surface area contributed by atoms with Gasteiger partial charge in [-0.3, -0.25) is 14.2 Å². The van der Waals surface area contributed by atoms with Crippen LogP contribution in [-0.4, -0.2) is 24.7 Å². The Bertz CT molecular complexity index is 1310. The number of hydrogen-bond acceptors (Lipinski definition) is 5. The Hall–Kier alpha value is -3.20. The van der Waals surface area contributed by atoms with Crippen molar-refractivity contribution in [1.29, 1.82) is 0 Å². The minimum absolute atomic E-state index is 0.154. The number of hydrogen-bond donors (Lipinski definition) is 1. The Morgan fingerprint density at radius 3 is 2.67 bits per heavy atom. The van der Waals surface area contributed by atoms with Gasteiger partial charge in [0.1, 0.15) is 11.2 Å². The van der Waals surface area contributed by atoms with Crippen LogP contribution in [0.3, 0.4) is 0 Å². The summed E-state index contributed by atoms with van der Waals surface area (Å²) in [4.78, 5) is 38.4. The van der Waals surface area contributed by atoms with Crippen LogP contribution in [-0.2, 0) is 24.4 Å². The highest BCUT2D eigenvalue weighted by Gasteiger charge is 2.19. The number of nitrogens with one attached hydrogen (secondary N) is 1. The predicted octanol–water partition coefficient (Wildman–Crippen LogP) is 2.23. The molecule has 30 heavy (non-hydrogen) atoms. The average Bonchev–Trinajstić information content (AvgIpc) is 3.32. The molecule has 0 aliphatic carbocycles. The van der Waals surface area contributed by atoms with Crippen molar-refractivity contribution in [2.45, 2.75) is 39.9 Å². The Balaban J connectivity index is 1.68. The number of thiophene rings is 1. The molecule has 1 aromatic carbocycles. The highest BCUT2D eigenvalue weighted by Crippen LogP contribution is 2.17. The van der Waals surface area contributed by atoms with Crippen LogP contribution in [0.5, 0.6) is 0 Å². The van der Waals surface area contributed by atoms with Gasteiger partial charge in [0, 0.05) is 13.1 Å². The molecule has 9 heteroatoms. The Morgan fingerprint density at radius 2 is 1.93 bits per heavy atom. The molecule has 8 nitrogen and oxygen atoms in total. The maximum Gasteiger partial charge on any atom is 0.352 e. The quantitative estimate of drug-likeness (QED) is 0.492. The molecule has 0 atom stereocenters. The summed E-state index contributed by atoms with van der Waals surface area (Å²) in [5.41, 5.74) is 0.915. The molecule has 0 aliphatic rings. The first-order valence-corrected chi connectivity index (χ1v) is 10.7. The molecule has 0 saturated heterocycles. The summed E-state index contributed by atoms with van der Waals surface area (Å²) in [7, 11) is 0. The number of fused-ring (bicyclic) bond motifs is 3. The summed E-state index contributed by atoms with van der Waals surface area (Å²) in [6.07, 6.45) is 0.783. The molecule has 1 N–H and O–H groups in total. The van der Waals surface area contributed by atoms with Crippen molar-refractivity contribution in [3.63, 3.8) is 0 Å². The third-order valence-electron chi connectivity index (χ3n) is 4.94. The smallest absolute Gasteiger partial charge is 0.350 e. The fourth-order valence-electron chi connectivity index (χ4n) is 3.31. The number of rotatable bonds is 7. The Kier molecular flexibility index (Phi) is 5.54. The van der Waals surface area contributed by atoms with Crippen molar-refractivity contribution < 1.29 is 4.79 Å². The highest BCUT2D eigenvalue weighted by atomic mass is 32.1. The van der Waals surface area contributed by atoms with E-state index in [4.69, 9.17) is 0 Å². The van der Waals surface area contributed by atoms with Crippen molar-refractivity contribution in [2.75, 3.05) is 0 Å². The van der Waals surface area contributed by atoms with Crippen molar-refractivity contribution in [3.8, 4) is 0 Å². The Labute approximate surface area is 176 Å². The van der Waals surface area contributed by atoms with Gasteiger partial charge in [0.05, 0.1) is 5.52 Å². The van der Waals surface area contributed by atoms with E-state index in [0.717, 1.165) is 16.7 Å². The van der Waals surface area contributed by atoms with Gasteiger partial charge in [-0.1, -0.05) is 44.2 Å². The first kappa shape index (κ1) is 20.1. The molecule has 0 aliphatic heterocycles. The minimum atomic E-state index is -0.429. The zero-order valence-corrected chi connectivity index (χ0v) is 17.7. The molecular formula is C21H23N5O3S. The van der Waals surface area contributed by atoms with E-state index in [1.165, 1.54) is 15.7 Å². The van der Waals surface area contributed by atoms with Gasteiger partial charge < -0.3 is 5.32 Å². The van der Waals surface area contributed by atoms with Gasteiger partial charge in [0.15, 0.2) is 0 Å². The minimum Gasteiger partial charge on any atom is -0.350 e. The first-order valence-electron chi connectivity index (χ1n) is 9.86. The van der Waals surface area contributed by atoms with E-state index in [9.17, 15) is 14.4 Å². The molecule has 0 spiro atoms. The lowest BCUT2D eigenvalue weighted by Crippen LogP contribution is -2.32. The fraction of sp³-hybridized carbons (Fsp3) is 0.333. The molecule has 4 aromatic rings. The molecule has 3 aromatic heterocycles. The average molecular weight is 426 g/mol. The maximum absolute atomic E-state index is 13.0. The molecule has 4 rings (SSSR count). The third-order valence-corrected chi connectivity index (χ3v) is 5.84. The van der Waals surface area contributed by atoms with Gasteiger partial charge in [0.25, 0.3) is 5.56 Å². The second kappa shape index (κ2) is 8.27. The monoisotopic (exact) mass is 425 g/mol. The number of aryl methyl sites for hydroxylation is 1. The zero-order valence-electron chi connectivity index (χ0n) is 16.9. The molecule has 156 valence electrons. The lowest BCUT2D eigenvalue weighted by atomic mass is 10.1. The van der Waals surface area contributed by atoms with Crippen LogP contribution in [0.25, 0.3) is 16.0 Å². The van der Waals surface area contributed by atoms with Gasteiger partial charge in [0.2, 0.25) is 11.7 Å². The first-order chi connectivity index (χ1) is 14.5. The lowest BCUT2D eigenvalue weighted by Gasteiger charge is -2.09. The predicted molar refractivity (Wildman–Crippen MR) is 117 cm³/mol. The van der Waals surface area contributed by atoms with Gasteiger partial charge >= 0.3 is 5.69 Å². The second-order valence-electron chi connectivity index (χ2n) is 7.61. The second-order valence-corrected chi connectivity index (χ2v) is 8.53. The van der Waals surface area contributed by atoms with Crippen molar-refractivity contribution in [3.05, 3.63) is 68.2 Å². The number of carbonyl (C=O) groups excluding carboxylic acids is 1. The number of aromatic nitrogens is 4. The summed E-state index contributed by atoms with van der Waals surface area (Å²) < 4.78 is 4.61. The molecular weight excluding hydrogens is 402 g/mol. The molecule has 0 saturated carbocycles. The van der Waals surface area contributed by atoms with Crippen LogP contribution >= 0.6 is 11.3 Å². The van der Waals surface area contributed by atoms with Gasteiger partial charge in [-0.05, 0) is 29.3 Å². The molecule has 1 amide bonds. The fourth-order valence-corrected chi connectivity index (χ4v) is 4.14. The van der Waals surface area contributed by atoms with E-state index in [1.54, 1.807) is 16.0 Å². The van der Waals surface area contributed by atoms with Crippen LogP contribution in [0.4, 0.5) is 0 Å². The van der Waals surface area contributed by atoms with Gasteiger partial charge in [-0.2, -0.15) is 0 Å². The van der Waals surface area contributed by atoms with E-state index in [-0.39, 0.29) is 23.8 Å². The van der Waals surface area contributed by atoms with E-state index in [0.29, 0.717) is 29.2 Å². The summed E-state index contributed by atoms with van der Waals surface area (Å²) in [6.45, 7) is 4.78. The number of benzene rings is 1. The molecule has 3 heterocycles. The molecule has 0 bridgehead atoms. The van der Waals surface area contributed by atoms with E-state index in [2.05, 4.69) is 24.3 Å². The largest absolute Gasteiger partial charge is 0.352 e. The zero-order chi connectivity index (χ0) is 21.3. The van der Waals surface area contributed by atoms with Crippen LogP contribution < -0.4 is 16.6 Å². The summed E-state index contributed by atoms with van der Waals surface area (Å²) >= 11 is 1.31. The van der Waals surface area contributed by atoms with Crippen molar-refractivity contribution >= 4 is 33.2 Å². The Morgan fingerprint density at radius 1 is 1.17 bits per heavy atom. The number of amides is 1. The highest BCUT2D eigenvalue weighted by molar-refractivity contribution is 7.17. The normalized spacial score (nSPS) is 11.6. The van der Waals surface area contributed by atoms with E-state index < -0.39 is 5.69 Å². The maximum atomic E-state index is 13.0. The molecule has 0 unspecified atom stereocenters. The van der Waals surface area contributed by atoms with Gasteiger partial charge in [-0.15, -0.1) is 16.4 Å². The summed E-state index contributed by atoms with van der Waals surface area (Å²) in [5, 5.41) is 8.94. The van der Waals surface area contributed by atoms with Crippen molar-refractivity contribution in [1.82, 2.24) is 24.1 Å². The van der Waals surface area contributed by atoms with Crippen molar-refractivity contribution in [2.24, 2.45) is 5.92 Å². The summed E-state index contributed by atoms with van der Waals surface area (Å²) in [6, 6.07) is 11.3. The van der Waals surface area contributed by atoms with Crippen LogP contribution in [0.2, 0.25) is 0 Å². The number of nitrogens with zero attached hydrogens (tertiary/aromatic N) is 4. The lowest BCUT2D eigenvalue weighted by molar-refractivity contribution is -0.122. The SMILES string of the molecule is CC(C)CCn1c(=O)c2sccc2n2c(=O)n(CC(=O)NCc3ccccc3)nc12. The van der Waals surface area contributed by atoms with Crippen LogP contribution in [0.15, 0.2) is 51.4 Å². The standard InChI is InChI=1S/C21H23N5O3S/c1-14(2)8-10-24-19(28)18-16(9-11-30-18)26-20(24)23-25(21(26)29)13-17(27)22-12-15-6-4-3-5-7-15/h3-7,9,11,14H,8,10,12-13H2,1-2H3,(H,22,27). The topological polar surface area (TPSA) is 90.4 Å². The van der Waals surface area contributed by atoms with E-state index >= 15 is 0 Å². The van der Waals surface area contributed by atoms with Crippen LogP contribution in [0, 0.1) is 5.92 Å². The number of carbonyl (C=O) groups is 1. The third kappa shape index (κ3) is 3.80. The molecule has 0 radical (unpaired) electrons. The molecule has 0 fully saturated rings. The van der Waals surface area contributed by atoms with Crippen LogP contribution in [0.1, 0.15) is 25.8 Å².